The van der Waals surface area contributed by atoms with Gasteiger partial charge in [-0.15, -0.1) is 0 Å². The van der Waals surface area contributed by atoms with Gasteiger partial charge in [-0.2, -0.15) is 0 Å². The van der Waals surface area contributed by atoms with E-state index in [0.717, 1.165) is 11.5 Å². The van der Waals surface area contributed by atoms with Gasteiger partial charge < -0.3 is 18.9 Å². The zero-order chi connectivity index (χ0) is 23.0. The molecule has 0 aliphatic rings. The molecule has 0 unspecified atom stereocenters. The molecule has 4 nitrogen and oxygen atoms in total. The molecular formula is C30H22O4. The van der Waals surface area contributed by atoms with Crippen LogP contribution in [0.5, 0.6) is 46.0 Å². The lowest BCUT2D eigenvalue weighted by Crippen LogP contribution is -1.89. The summed E-state index contributed by atoms with van der Waals surface area (Å²) in [6.45, 7) is 0. The molecule has 0 radical (unpaired) electrons. The number of para-hydroxylation sites is 2. The van der Waals surface area contributed by atoms with Crippen LogP contribution >= 0.6 is 0 Å². The van der Waals surface area contributed by atoms with E-state index in [1.54, 1.807) is 0 Å². The number of hydrogen-bond donors (Lipinski definition) is 0. The fraction of sp³-hybridized carbons (Fsp3) is 0. The Kier molecular flexibility index (Phi) is 6.40. The lowest BCUT2D eigenvalue weighted by molar-refractivity contribution is 0.452. The van der Waals surface area contributed by atoms with E-state index in [4.69, 9.17) is 18.9 Å². The van der Waals surface area contributed by atoms with Gasteiger partial charge in [0.15, 0.2) is 0 Å². The standard InChI is InChI=1S/C30H22O4/c1-3-9-23(10-4-1)31-27-13-7-15-29(21-27)33-25-17-19-26(20-18-25)34-30-16-8-14-28(22-30)32-24-11-5-2-6-12-24/h1-22H. The maximum absolute atomic E-state index is 5.99. The summed E-state index contributed by atoms with van der Waals surface area (Å²) in [6, 6.07) is 41.8. The van der Waals surface area contributed by atoms with E-state index < -0.39 is 0 Å². The van der Waals surface area contributed by atoms with Crippen molar-refractivity contribution < 1.29 is 18.9 Å². The van der Waals surface area contributed by atoms with Crippen molar-refractivity contribution in [1.29, 1.82) is 0 Å². The van der Waals surface area contributed by atoms with Crippen LogP contribution in [0.25, 0.3) is 0 Å². The van der Waals surface area contributed by atoms with Crippen LogP contribution in [0.1, 0.15) is 0 Å². The molecule has 0 atom stereocenters. The van der Waals surface area contributed by atoms with Gasteiger partial charge >= 0.3 is 0 Å². The fourth-order valence-electron chi connectivity index (χ4n) is 3.30. The average Bonchev–Trinajstić information content (AvgIpc) is 2.87. The van der Waals surface area contributed by atoms with Crippen molar-refractivity contribution >= 4 is 0 Å². The Hall–Kier alpha value is -4.70. The molecule has 0 amide bonds. The third-order valence-corrected chi connectivity index (χ3v) is 4.86. The van der Waals surface area contributed by atoms with Crippen LogP contribution < -0.4 is 18.9 Å². The first-order valence-electron chi connectivity index (χ1n) is 10.9. The summed E-state index contributed by atoms with van der Waals surface area (Å²) in [5.41, 5.74) is 0. The maximum atomic E-state index is 5.99. The summed E-state index contributed by atoms with van der Waals surface area (Å²) in [5.74, 6) is 5.75. The van der Waals surface area contributed by atoms with E-state index in [1.807, 2.05) is 133 Å². The molecule has 0 aliphatic heterocycles. The molecule has 0 saturated carbocycles. The summed E-state index contributed by atoms with van der Waals surface area (Å²) in [5, 5.41) is 0. The van der Waals surface area contributed by atoms with Crippen molar-refractivity contribution in [2.75, 3.05) is 0 Å². The van der Waals surface area contributed by atoms with Gasteiger partial charge in [0.05, 0.1) is 0 Å². The second-order valence-corrected chi connectivity index (χ2v) is 7.46. The van der Waals surface area contributed by atoms with Gasteiger partial charge in [-0.1, -0.05) is 48.5 Å². The fourth-order valence-corrected chi connectivity index (χ4v) is 3.30. The summed E-state index contributed by atoms with van der Waals surface area (Å²) in [4.78, 5) is 0. The van der Waals surface area contributed by atoms with Crippen LogP contribution in [-0.4, -0.2) is 0 Å². The molecule has 0 saturated heterocycles. The molecule has 166 valence electrons. The number of rotatable bonds is 8. The minimum atomic E-state index is 0.688. The normalized spacial score (nSPS) is 10.4. The van der Waals surface area contributed by atoms with Gasteiger partial charge in [0.1, 0.15) is 46.0 Å². The first-order valence-corrected chi connectivity index (χ1v) is 10.9. The van der Waals surface area contributed by atoms with Crippen molar-refractivity contribution in [1.82, 2.24) is 0 Å². The molecule has 5 rings (SSSR count). The van der Waals surface area contributed by atoms with Gasteiger partial charge in [-0.05, 0) is 72.8 Å². The number of ether oxygens (including phenoxy) is 4. The third kappa shape index (κ3) is 5.75. The molecule has 0 spiro atoms. The first-order chi connectivity index (χ1) is 16.8. The van der Waals surface area contributed by atoms with Gasteiger partial charge in [0, 0.05) is 12.1 Å². The Labute approximate surface area is 198 Å². The predicted molar refractivity (Wildman–Crippen MR) is 133 cm³/mol. The topological polar surface area (TPSA) is 36.9 Å². The maximum Gasteiger partial charge on any atom is 0.131 e. The molecular weight excluding hydrogens is 424 g/mol. The highest BCUT2D eigenvalue weighted by Crippen LogP contribution is 2.31. The quantitative estimate of drug-likeness (QED) is 0.238. The third-order valence-electron chi connectivity index (χ3n) is 4.86. The largest absolute Gasteiger partial charge is 0.457 e. The highest BCUT2D eigenvalue weighted by Gasteiger charge is 2.04. The van der Waals surface area contributed by atoms with Crippen molar-refractivity contribution in [3.8, 4) is 46.0 Å². The molecule has 5 aromatic carbocycles. The van der Waals surface area contributed by atoms with E-state index in [2.05, 4.69) is 0 Å². The van der Waals surface area contributed by atoms with E-state index >= 15 is 0 Å². The number of hydrogen-bond acceptors (Lipinski definition) is 4. The average molecular weight is 447 g/mol. The van der Waals surface area contributed by atoms with E-state index in [1.165, 1.54) is 0 Å². The molecule has 0 bridgehead atoms. The Balaban J connectivity index is 1.22. The second kappa shape index (κ2) is 10.3. The Morgan fingerprint density at radius 3 is 0.824 bits per heavy atom. The highest BCUT2D eigenvalue weighted by atomic mass is 16.5. The molecule has 0 aliphatic carbocycles. The summed E-state index contributed by atoms with van der Waals surface area (Å²) in [7, 11) is 0. The lowest BCUT2D eigenvalue weighted by Gasteiger charge is -2.11. The number of benzene rings is 5. The van der Waals surface area contributed by atoms with Crippen LogP contribution in [0, 0.1) is 0 Å². The van der Waals surface area contributed by atoms with Gasteiger partial charge in [-0.25, -0.2) is 0 Å². The first kappa shape index (κ1) is 21.2. The summed E-state index contributed by atoms with van der Waals surface area (Å²) >= 11 is 0. The van der Waals surface area contributed by atoms with Crippen LogP contribution in [-0.2, 0) is 0 Å². The van der Waals surface area contributed by atoms with Crippen molar-refractivity contribution in [2.24, 2.45) is 0 Å². The monoisotopic (exact) mass is 446 g/mol. The Bertz CT molecular complexity index is 1230. The summed E-state index contributed by atoms with van der Waals surface area (Å²) < 4.78 is 23.7. The van der Waals surface area contributed by atoms with E-state index in [0.29, 0.717) is 34.5 Å². The zero-order valence-corrected chi connectivity index (χ0v) is 18.3. The minimum Gasteiger partial charge on any atom is -0.457 e. The SMILES string of the molecule is c1ccc(Oc2cccc(Oc3ccc(Oc4cccc(Oc5ccccc5)c4)cc3)c2)cc1. The van der Waals surface area contributed by atoms with Gasteiger partial charge in [-0.3, -0.25) is 0 Å². The van der Waals surface area contributed by atoms with Crippen molar-refractivity contribution in [2.45, 2.75) is 0 Å². The van der Waals surface area contributed by atoms with Crippen LogP contribution in [0.3, 0.4) is 0 Å². The zero-order valence-electron chi connectivity index (χ0n) is 18.3. The smallest absolute Gasteiger partial charge is 0.131 e. The van der Waals surface area contributed by atoms with Crippen molar-refractivity contribution in [3.05, 3.63) is 133 Å². The summed E-state index contributed by atoms with van der Waals surface area (Å²) in [6.07, 6.45) is 0. The highest BCUT2D eigenvalue weighted by molar-refractivity contribution is 5.42. The van der Waals surface area contributed by atoms with Gasteiger partial charge in [0.2, 0.25) is 0 Å². The van der Waals surface area contributed by atoms with Crippen LogP contribution in [0.4, 0.5) is 0 Å². The van der Waals surface area contributed by atoms with Gasteiger partial charge in [0.25, 0.3) is 0 Å². The van der Waals surface area contributed by atoms with Crippen molar-refractivity contribution in [3.63, 3.8) is 0 Å². The lowest BCUT2D eigenvalue weighted by atomic mass is 10.3. The van der Waals surface area contributed by atoms with Crippen LogP contribution in [0.2, 0.25) is 0 Å². The molecule has 0 heterocycles. The van der Waals surface area contributed by atoms with E-state index in [-0.39, 0.29) is 0 Å². The molecule has 0 N–H and O–H groups in total. The molecule has 0 aromatic heterocycles. The minimum absolute atomic E-state index is 0.688. The molecule has 4 heteroatoms. The van der Waals surface area contributed by atoms with E-state index in [9.17, 15) is 0 Å². The second-order valence-electron chi connectivity index (χ2n) is 7.46. The predicted octanol–water partition coefficient (Wildman–Crippen LogP) is 8.86. The Morgan fingerprint density at radius 2 is 0.500 bits per heavy atom. The Morgan fingerprint density at radius 1 is 0.235 bits per heavy atom. The molecule has 34 heavy (non-hydrogen) atoms. The molecule has 0 fully saturated rings. The molecule has 5 aromatic rings. The van der Waals surface area contributed by atoms with Crippen LogP contribution in [0.15, 0.2) is 133 Å².